The summed E-state index contributed by atoms with van der Waals surface area (Å²) in [6.07, 6.45) is 3.26. The predicted molar refractivity (Wildman–Crippen MR) is 144 cm³/mol. The normalized spacial score (nSPS) is 11.2. The number of carbonyl (C=O) groups is 1. The van der Waals surface area contributed by atoms with E-state index in [0.29, 0.717) is 28.0 Å². The molecule has 0 aliphatic carbocycles. The zero-order valence-electron chi connectivity index (χ0n) is 21.4. The Morgan fingerprint density at radius 1 is 1.08 bits per heavy atom. The van der Waals surface area contributed by atoms with Crippen LogP contribution in [0.4, 0.5) is 14.7 Å². The van der Waals surface area contributed by atoms with Gasteiger partial charge in [0.15, 0.2) is 5.65 Å². The Morgan fingerprint density at radius 2 is 1.85 bits per heavy atom. The number of amides is 1. The molecule has 0 radical (unpaired) electrons. The molecule has 0 saturated carbocycles. The number of nitrogens with one attached hydrogen (secondary N) is 3. The predicted octanol–water partition coefficient (Wildman–Crippen LogP) is 4.51. The summed E-state index contributed by atoms with van der Waals surface area (Å²) in [6, 6.07) is 11.2. The van der Waals surface area contributed by atoms with Crippen LogP contribution in [0.15, 0.2) is 65.7 Å². The molecule has 0 unspecified atom stereocenters. The van der Waals surface area contributed by atoms with E-state index in [1.54, 1.807) is 30.6 Å². The maximum absolute atomic E-state index is 14.9. The molecule has 0 bridgehead atoms. The molecule has 198 valence electrons. The largest absolute Gasteiger partial charge is 0.350 e. The summed E-state index contributed by atoms with van der Waals surface area (Å²) in [5.41, 5.74) is 0.960. The second-order valence-corrected chi connectivity index (χ2v) is 9.26. The van der Waals surface area contributed by atoms with Crippen LogP contribution >= 0.6 is 0 Å². The summed E-state index contributed by atoms with van der Waals surface area (Å²) in [6.45, 7) is 5.81. The van der Waals surface area contributed by atoms with Crippen LogP contribution in [-0.2, 0) is 6.54 Å². The quantitative estimate of drug-likeness (QED) is 0.286. The molecule has 0 fully saturated rings. The number of carbonyl (C=O) groups excluding carboxylic acids is 1. The zero-order valence-corrected chi connectivity index (χ0v) is 21.4. The lowest BCUT2D eigenvalue weighted by Crippen LogP contribution is -2.30. The molecule has 0 atom stereocenters. The highest BCUT2D eigenvalue weighted by Crippen LogP contribution is 2.31. The molecule has 0 saturated heterocycles. The van der Waals surface area contributed by atoms with Crippen molar-refractivity contribution in [3.8, 4) is 16.9 Å². The Hall–Kier alpha value is -4.93. The van der Waals surface area contributed by atoms with Crippen LogP contribution in [0.25, 0.3) is 28.0 Å². The summed E-state index contributed by atoms with van der Waals surface area (Å²) in [5.74, 6) is -1.39. The van der Waals surface area contributed by atoms with E-state index in [-0.39, 0.29) is 30.1 Å². The monoisotopic (exact) mass is 529 g/mol. The van der Waals surface area contributed by atoms with Gasteiger partial charge in [0.1, 0.15) is 23.1 Å². The van der Waals surface area contributed by atoms with Crippen LogP contribution < -0.4 is 16.2 Å². The second-order valence-electron chi connectivity index (χ2n) is 9.26. The SMILES string of the molecule is Cc1ccc(C(=O)NC(C)C)cc1-c1nc(NCc2ncc[nH]2)nc2c1ccc(=O)n2-c1c(F)cccc1F. The molecule has 5 rings (SSSR count). The minimum atomic E-state index is -0.918. The Labute approximate surface area is 222 Å². The van der Waals surface area contributed by atoms with Crippen molar-refractivity contribution in [3.63, 3.8) is 0 Å². The Balaban J connectivity index is 1.77. The number of hydrogen-bond acceptors (Lipinski definition) is 6. The lowest BCUT2D eigenvalue weighted by atomic mass is 9.99. The first-order chi connectivity index (χ1) is 18.7. The molecule has 2 aromatic carbocycles. The van der Waals surface area contributed by atoms with Crippen LogP contribution in [0.3, 0.4) is 0 Å². The van der Waals surface area contributed by atoms with Gasteiger partial charge in [0.2, 0.25) is 5.95 Å². The number of anilines is 1. The van der Waals surface area contributed by atoms with Gasteiger partial charge in [-0.3, -0.25) is 14.2 Å². The third kappa shape index (κ3) is 5.11. The fraction of sp³-hybridized carbons (Fsp3) is 0.179. The molecule has 0 aliphatic heterocycles. The first-order valence-electron chi connectivity index (χ1n) is 12.2. The van der Waals surface area contributed by atoms with Crippen LogP contribution in [0.1, 0.15) is 35.6 Å². The van der Waals surface area contributed by atoms with Gasteiger partial charge in [0, 0.05) is 41.0 Å². The van der Waals surface area contributed by atoms with Gasteiger partial charge in [0.05, 0.1) is 12.2 Å². The summed E-state index contributed by atoms with van der Waals surface area (Å²) in [4.78, 5) is 42.2. The molecule has 0 aliphatic rings. The molecular weight excluding hydrogens is 504 g/mol. The number of rotatable bonds is 7. The number of halogens is 2. The maximum atomic E-state index is 14.9. The number of pyridine rings is 1. The van der Waals surface area contributed by atoms with Crippen molar-refractivity contribution >= 4 is 22.9 Å². The van der Waals surface area contributed by atoms with E-state index in [0.717, 1.165) is 22.3 Å². The maximum Gasteiger partial charge on any atom is 0.256 e. The summed E-state index contributed by atoms with van der Waals surface area (Å²) in [5, 5.41) is 6.30. The van der Waals surface area contributed by atoms with Crippen LogP contribution in [0.2, 0.25) is 0 Å². The van der Waals surface area contributed by atoms with E-state index in [4.69, 9.17) is 4.98 Å². The second kappa shape index (κ2) is 10.4. The molecule has 0 spiro atoms. The van der Waals surface area contributed by atoms with Crippen molar-refractivity contribution in [1.82, 2.24) is 29.8 Å². The number of H-pyrrole nitrogens is 1. The molecule has 3 aromatic heterocycles. The smallest absolute Gasteiger partial charge is 0.256 e. The standard InChI is InChI=1S/C28H25F2N7O2/c1-15(2)34-27(39)17-8-7-16(3)19(13-17)24-18-9-10-23(38)37(25-20(29)5-4-6-21(25)30)26(18)36-28(35-24)33-14-22-31-11-12-32-22/h4-13,15H,14H2,1-3H3,(H,31,32)(H,34,39)(H,33,35,36). The first kappa shape index (κ1) is 25.7. The molecule has 39 heavy (non-hydrogen) atoms. The van der Waals surface area contributed by atoms with Gasteiger partial charge in [-0.05, 0) is 56.7 Å². The number of aromatic nitrogens is 5. The Bertz CT molecular complexity index is 1730. The van der Waals surface area contributed by atoms with Gasteiger partial charge in [-0.2, -0.15) is 4.98 Å². The number of aromatic amines is 1. The van der Waals surface area contributed by atoms with Crippen molar-refractivity contribution < 1.29 is 13.6 Å². The van der Waals surface area contributed by atoms with Gasteiger partial charge in [0.25, 0.3) is 11.5 Å². The highest BCUT2D eigenvalue weighted by molar-refractivity contribution is 5.98. The van der Waals surface area contributed by atoms with E-state index < -0.39 is 22.9 Å². The molecule has 11 heteroatoms. The van der Waals surface area contributed by atoms with Gasteiger partial charge in [-0.15, -0.1) is 0 Å². The van der Waals surface area contributed by atoms with Crippen LogP contribution in [0, 0.1) is 18.6 Å². The van der Waals surface area contributed by atoms with Gasteiger partial charge in [-0.1, -0.05) is 12.1 Å². The van der Waals surface area contributed by atoms with Gasteiger partial charge >= 0.3 is 0 Å². The number of imidazole rings is 1. The summed E-state index contributed by atoms with van der Waals surface area (Å²) < 4.78 is 30.7. The van der Waals surface area contributed by atoms with Crippen LogP contribution in [-0.4, -0.2) is 36.5 Å². The fourth-order valence-corrected chi connectivity index (χ4v) is 4.24. The average molecular weight is 530 g/mol. The minimum Gasteiger partial charge on any atom is -0.350 e. The van der Waals surface area contributed by atoms with E-state index in [1.807, 2.05) is 20.8 Å². The minimum absolute atomic E-state index is 0.00474. The van der Waals surface area contributed by atoms with Crippen molar-refractivity contribution in [2.75, 3.05) is 5.32 Å². The number of aryl methyl sites for hydroxylation is 1. The van der Waals surface area contributed by atoms with Crippen molar-refractivity contribution in [2.24, 2.45) is 0 Å². The Kier molecular flexibility index (Phi) is 6.88. The van der Waals surface area contributed by atoms with Crippen molar-refractivity contribution in [2.45, 2.75) is 33.4 Å². The number of nitrogens with zero attached hydrogens (tertiary/aromatic N) is 4. The highest BCUT2D eigenvalue weighted by Gasteiger charge is 2.21. The molecule has 3 N–H and O–H groups in total. The number of fused-ring (bicyclic) bond motifs is 1. The lowest BCUT2D eigenvalue weighted by Gasteiger charge is -2.16. The fourth-order valence-electron chi connectivity index (χ4n) is 4.24. The number of benzene rings is 2. The first-order valence-corrected chi connectivity index (χ1v) is 12.2. The average Bonchev–Trinajstić information content (AvgIpc) is 3.42. The number of hydrogen-bond donors (Lipinski definition) is 3. The Morgan fingerprint density at radius 3 is 2.54 bits per heavy atom. The van der Waals surface area contributed by atoms with Crippen LogP contribution in [0.5, 0.6) is 0 Å². The van der Waals surface area contributed by atoms with Crippen molar-refractivity contribution in [3.05, 3.63) is 99.9 Å². The van der Waals surface area contributed by atoms with E-state index in [2.05, 4.69) is 25.6 Å². The summed E-state index contributed by atoms with van der Waals surface area (Å²) in [7, 11) is 0. The van der Waals surface area contributed by atoms with Gasteiger partial charge < -0.3 is 15.6 Å². The molecule has 9 nitrogen and oxygen atoms in total. The molecule has 3 heterocycles. The third-order valence-corrected chi connectivity index (χ3v) is 6.05. The topological polar surface area (TPSA) is 118 Å². The third-order valence-electron chi connectivity index (χ3n) is 6.05. The molecular formula is C28H25F2N7O2. The zero-order chi connectivity index (χ0) is 27.7. The lowest BCUT2D eigenvalue weighted by molar-refractivity contribution is 0.0943. The van der Waals surface area contributed by atoms with E-state index in [9.17, 15) is 18.4 Å². The molecule has 5 aromatic rings. The van der Waals surface area contributed by atoms with Gasteiger partial charge in [-0.25, -0.2) is 18.7 Å². The number of para-hydroxylation sites is 1. The molecule has 1 amide bonds. The highest BCUT2D eigenvalue weighted by atomic mass is 19.1. The van der Waals surface area contributed by atoms with Crippen molar-refractivity contribution in [1.29, 1.82) is 0 Å². The van der Waals surface area contributed by atoms with E-state index >= 15 is 0 Å². The summed E-state index contributed by atoms with van der Waals surface area (Å²) >= 11 is 0. The van der Waals surface area contributed by atoms with E-state index in [1.165, 1.54) is 18.2 Å².